The van der Waals surface area contributed by atoms with Crippen LogP contribution in [0.5, 0.6) is 0 Å². The predicted molar refractivity (Wildman–Crippen MR) is 137 cm³/mol. The number of nitrogens with one attached hydrogen (secondary N) is 1. The molecule has 0 aliphatic carbocycles. The third kappa shape index (κ3) is 4.46. The molecule has 7 nitrogen and oxygen atoms in total. The smallest absolute Gasteiger partial charge is 0.349 e. The number of fused-ring (bicyclic) bond motifs is 3. The fourth-order valence-corrected chi connectivity index (χ4v) is 5.87. The van der Waals surface area contributed by atoms with E-state index in [1.165, 1.54) is 0 Å². The summed E-state index contributed by atoms with van der Waals surface area (Å²) in [6.07, 6.45) is 3.79. The molecular weight excluding hydrogens is 462 g/mol. The van der Waals surface area contributed by atoms with Crippen LogP contribution in [0, 0.1) is 6.92 Å². The van der Waals surface area contributed by atoms with Crippen molar-refractivity contribution >= 4 is 44.2 Å². The Hall–Kier alpha value is -3.52. The van der Waals surface area contributed by atoms with Crippen LogP contribution < -0.4 is 10.9 Å². The predicted octanol–water partition coefficient (Wildman–Crippen LogP) is 4.68. The van der Waals surface area contributed by atoms with Crippen molar-refractivity contribution in [3.8, 4) is 0 Å². The lowest BCUT2D eigenvalue weighted by Crippen LogP contribution is -2.31. The molecule has 1 unspecified atom stereocenters. The fourth-order valence-electron chi connectivity index (χ4n) is 4.79. The summed E-state index contributed by atoms with van der Waals surface area (Å²) < 4.78 is 7.08. The van der Waals surface area contributed by atoms with Crippen molar-refractivity contribution < 1.29 is 14.3 Å². The molecule has 3 heterocycles. The number of carbonyl (C=O) groups is 2. The van der Waals surface area contributed by atoms with Crippen LogP contribution in [0.15, 0.2) is 47.3 Å². The maximum absolute atomic E-state index is 13.1. The monoisotopic (exact) mass is 489 g/mol. The second-order valence-corrected chi connectivity index (χ2v) is 9.96. The van der Waals surface area contributed by atoms with Crippen LogP contribution in [0.2, 0.25) is 0 Å². The van der Waals surface area contributed by atoms with Crippen molar-refractivity contribution in [1.82, 2.24) is 14.9 Å². The van der Waals surface area contributed by atoms with Crippen molar-refractivity contribution in [2.75, 3.05) is 6.61 Å². The molecule has 1 atom stereocenters. The van der Waals surface area contributed by atoms with Gasteiger partial charge in [0.05, 0.1) is 11.4 Å². The number of hydrogen-bond acceptors (Lipinski definition) is 6. The third-order valence-electron chi connectivity index (χ3n) is 6.60. The summed E-state index contributed by atoms with van der Waals surface area (Å²) in [4.78, 5) is 44.1. The highest BCUT2D eigenvalue weighted by Gasteiger charge is 2.24. The summed E-state index contributed by atoms with van der Waals surface area (Å²) in [5, 5.41) is 5.55. The van der Waals surface area contributed by atoms with Gasteiger partial charge in [0.2, 0.25) is 0 Å². The lowest BCUT2D eigenvalue weighted by atomic mass is 10.00. The van der Waals surface area contributed by atoms with Crippen molar-refractivity contribution in [2.45, 2.75) is 52.1 Å². The van der Waals surface area contributed by atoms with Crippen LogP contribution in [-0.4, -0.2) is 28.0 Å². The normalized spacial score (nSPS) is 14.3. The van der Waals surface area contributed by atoms with E-state index < -0.39 is 12.6 Å². The number of hydrogen-bond donors (Lipinski definition) is 1. The Labute approximate surface area is 206 Å². The van der Waals surface area contributed by atoms with Crippen LogP contribution in [0.25, 0.3) is 21.0 Å². The van der Waals surface area contributed by atoms with Crippen molar-refractivity contribution in [1.29, 1.82) is 0 Å². The van der Waals surface area contributed by atoms with E-state index in [-0.39, 0.29) is 17.5 Å². The van der Waals surface area contributed by atoms with Gasteiger partial charge in [-0.15, -0.1) is 11.3 Å². The average Bonchev–Trinajstić information content (AvgIpc) is 3.02. The third-order valence-corrected chi connectivity index (χ3v) is 7.76. The van der Waals surface area contributed by atoms with E-state index in [1.54, 1.807) is 11.5 Å². The Bertz CT molecular complexity index is 1500. The first kappa shape index (κ1) is 23.2. The fraction of sp³-hybridized carbons (Fsp3) is 0.333. The van der Waals surface area contributed by atoms with E-state index >= 15 is 0 Å². The molecule has 2 aromatic carbocycles. The quantitative estimate of drug-likeness (QED) is 0.411. The first-order chi connectivity index (χ1) is 16.9. The maximum Gasteiger partial charge on any atom is 0.349 e. The highest BCUT2D eigenvalue weighted by Crippen LogP contribution is 2.29. The van der Waals surface area contributed by atoms with Gasteiger partial charge in [-0.1, -0.05) is 48.9 Å². The molecule has 1 N–H and O–H groups in total. The molecule has 8 heteroatoms. The molecule has 5 rings (SSSR count). The standard InChI is InChI=1S/C27H27N3O4S/c1-16-23-25(29-21-13-4-3-7-14-30(21)26(23)32)35-24(16)27(33)34-15-22(31)28-17(2)19-12-8-10-18-9-5-6-11-20(18)19/h5-6,8-12,17H,3-4,7,13-15H2,1-2H3,(H,28,31). The summed E-state index contributed by atoms with van der Waals surface area (Å²) in [6.45, 7) is 3.90. The first-order valence-corrected chi connectivity index (χ1v) is 12.7. The molecular formula is C27H27N3O4S. The van der Waals surface area contributed by atoms with Gasteiger partial charge in [0, 0.05) is 13.0 Å². The summed E-state index contributed by atoms with van der Waals surface area (Å²) in [5.74, 6) is -0.219. The number of thiophene rings is 1. The molecule has 0 saturated carbocycles. The molecule has 0 saturated heterocycles. The van der Waals surface area contributed by atoms with Crippen LogP contribution in [-0.2, 0) is 22.5 Å². The number of esters is 1. The SMILES string of the molecule is Cc1c(C(=O)OCC(=O)NC(C)c2cccc3ccccc23)sc2nc3n(c(=O)c12)CCCCC3. The van der Waals surface area contributed by atoms with Crippen molar-refractivity contribution in [3.05, 3.63) is 74.6 Å². The van der Waals surface area contributed by atoms with Gasteiger partial charge < -0.3 is 10.1 Å². The molecule has 180 valence electrons. The Morgan fingerprint density at radius 2 is 1.94 bits per heavy atom. The molecule has 1 aliphatic heterocycles. The second kappa shape index (κ2) is 9.62. The number of aromatic nitrogens is 2. The average molecular weight is 490 g/mol. The second-order valence-electron chi connectivity index (χ2n) is 8.97. The van der Waals surface area contributed by atoms with E-state index in [4.69, 9.17) is 4.74 Å². The minimum Gasteiger partial charge on any atom is -0.451 e. The number of rotatable bonds is 5. The molecule has 4 aromatic rings. The van der Waals surface area contributed by atoms with Crippen LogP contribution in [0.3, 0.4) is 0 Å². The summed E-state index contributed by atoms with van der Waals surface area (Å²) in [7, 11) is 0. The zero-order valence-electron chi connectivity index (χ0n) is 19.8. The number of aryl methyl sites for hydroxylation is 2. The lowest BCUT2D eigenvalue weighted by molar-refractivity contribution is -0.124. The van der Waals surface area contributed by atoms with E-state index in [2.05, 4.69) is 10.3 Å². The zero-order valence-corrected chi connectivity index (χ0v) is 20.6. The lowest BCUT2D eigenvalue weighted by Gasteiger charge is -2.16. The molecule has 0 fully saturated rings. The first-order valence-electron chi connectivity index (χ1n) is 11.9. The molecule has 35 heavy (non-hydrogen) atoms. The molecule has 2 aromatic heterocycles. The summed E-state index contributed by atoms with van der Waals surface area (Å²) in [6, 6.07) is 13.7. The van der Waals surface area contributed by atoms with Gasteiger partial charge in [0.1, 0.15) is 15.5 Å². The molecule has 1 amide bonds. The Morgan fingerprint density at radius 1 is 1.14 bits per heavy atom. The Balaban J connectivity index is 1.30. The van der Waals surface area contributed by atoms with Crippen LogP contribution in [0.1, 0.15) is 58.9 Å². The Kier molecular flexibility index (Phi) is 6.38. The topological polar surface area (TPSA) is 90.3 Å². The molecule has 0 bridgehead atoms. The van der Waals surface area contributed by atoms with Gasteiger partial charge in [0.25, 0.3) is 11.5 Å². The van der Waals surface area contributed by atoms with Gasteiger partial charge in [0.15, 0.2) is 6.61 Å². The highest BCUT2D eigenvalue weighted by atomic mass is 32.1. The van der Waals surface area contributed by atoms with Crippen LogP contribution >= 0.6 is 11.3 Å². The zero-order chi connectivity index (χ0) is 24.5. The van der Waals surface area contributed by atoms with E-state index in [0.717, 1.165) is 59.2 Å². The van der Waals surface area contributed by atoms with E-state index in [0.29, 0.717) is 27.2 Å². The maximum atomic E-state index is 13.1. The molecule has 0 spiro atoms. The summed E-state index contributed by atoms with van der Waals surface area (Å²) in [5.41, 5.74) is 1.47. The highest BCUT2D eigenvalue weighted by molar-refractivity contribution is 7.20. The van der Waals surface area contributed by atoms with Gasteiger partial charge in [-0.2, -0.15) is 0 Å². The van der Waals surface area contributed by atoms with Gasteiger partial charge in [-0.25, -0.2) is 9.78 Å². The molecule has 1 aliphatic rings. The van der Waals surface area contributed by atoms with Gasteiger partial charge in [-0.3, -0.25) is 14.2 Å². The van der Waals surface area contributed by atoms with Crippen LogP contribution in [0.4, 0.5) is 0 Å². The number of nitrogens with zero attached hydrogens (tertiary/aromatic N) is 2. The number of amides is 1. The number of ether oxygens (including phenoxy) is 1. The van der Waals surface area contributed by atoms with Gasteiger partial charge in [-0.05, 0) is 48.6 Å². The number of carbonyl (C=O) groups excluding carboxylic acids is 2. The summed E-state index contributed by atoms with van der Waals surface area (Å²) >= 11 is 1.16. The minimum absolute atomic E-state index is 0.0960. The van der Waals surface area contributed by atoms with E-state index in [9.17, 15) is 14.4 Å². The minimum atomic E-state index is -0.613. The van der Waals surface area contributed by atoms with Crippen molar-refractivity contribution in [2.24, 2.45) is 0 Å². The molecule has 0 radical (unpaired) electrons. The largest absolute Gasteiger partial charge is 0.451 e. The van der Waals surface area contributed by atoms with E-state index in [1.807, 2.05) is 49.4 Å². The van der Waals surface area contributed by atoms with Gasteiger partial charge >= 0.3 is 5.97 Å². The van der Waals surface area contributed by atoms with Crippen molar-refractivity contribution in [3.63, 3.8) is 0 Å². The number of benzene rings is 2. The Morgan fingerprint density at radius 3 is 2.80 bits per heavy atom.